The first-order chi connectivity index (χ1) is 11.5. The molecule has 0 atom stereocenters. The van der Waals surface area contributed by atoms with E-state index < -0.39 is 29.8 Å². The lowest BCUT2D eigenvalue weighted by Gasteiger charge is -2.24. The first kappa shape index (κ1) is 16.4. The van der Waals surface area contributed by atoms with Gasteiger partial charge in [-0.1, -0.05) is 37.8 Å². The van der Waals surface area contributed by atoms with E-state index in [4.69, 9.17) is 0 Å². The Morgan fingerprint density at radius 3 is 2.50 bits per heavy atom. The van der Waals surface area contributed by atoms with Crippen molar-refractivity contribution in [1.82, 2.24) is 10.2 Å². The van der Waals surface area contributed by atoms with E-state index in [1.165, 1.54) is 18.2 Å². The van der Waals surface area contributed by atoms with Crippen LogP contribution >= 0.6 is 0 Å². The van der Waals surface area contributed by atoms with Crippen molar-refractivity contribution in [3.63, 3.8) is 0 Å². The number of nitrogens with zero attached hydrogens (tertiary/aromatic N) is 1. The molecule has 4 amide bonds. The Morgan fingerprint density at radius 1 is 1.17 bits per heavy atom. The molecule has 1 aliphatic carbocycles. The monoisotopic (exact) mass is 333 g/mol. The topological polar surface area (TPSA) is 78.5 Å². The summed E-state index contributed by atoms with van der Waals surface area (Å²) in [7, 11) is 0. The van der Waals surface area contributed by atoms with Gasteiger partial charge >= 0.3 is 6.03 Å². The van der Waals surface area contributed by atoms with Gasteiger partial charge in [0, 0.05) is 0 Å². The molecule has 1 aromatic carbocycles. The number of hydrogen-bond donors (Lipinski definition) is 2. The first-order valence-electron chi connectivity index (χ1n) is 8.20. The van der Waals surface area contributed by atoms with Crippen molar-refractivity contribution in [3.05, 3.63) is 30.1 Å². The van der Waals surface area contributed by atoms with E-state index in [0.717, 1.165) is 30.6 Å². The molecule has 128 valence electrons. The van der Waals surface area contributed by atoms with Crippen LogP contribution < -0.4 is 10.6 Å². The molecule has 0 aromatic heterocycles. The summed E-state index contributed by atoms with van der Waals surface area (Å²) in [6.45, 7) is -0.416. The molecule has 1 saturated heterocycles. The van der Waals surface area contributed by atoms with E-state index in [9.17, 15) is 18.8 Å². The average molecular weight is 333 g/mol. The smallest absolute Gasteiger partial charge is 0.323 e. The van der Waals surface area contributed by atoms with E-state index >= 15 is 0 Å². The van der Waals surface area contributed by atoms with Gasteiger partial charge in [0.1, 0.15) is 17.9 Å². The maximum absolute atomic E-state index is 13.6. The SMILES string of the molecule is O=C(CN1C(=O)NC2(CCCCCC2)C1=O)Nc1ccccc1F. The van der Waals surface area contributed by atoms with Crippen molar-refractivity contribution in [2.75, 3.05) is 11.9 Å². The minimum absolute atomic E-state index is 0.0266. The second-order valence-electron chi connectivity index (χ2n) is 6.35. The summed E-state index contributed by atoms with van der Waals surface area (Å²) in [5.74, 6) is -1.52. The summed E-state index contributed by atoms with van der Waals surface area (Å²) >= 11 is 0. The molecular formula is C17H20FN3O3. The number of carbonyl (C=O) groups excluding carboxylic acids is 3. The lowest BCUT2D eigenvalue weighted by Crippen LogP contribution is -2.47. The van der Waals surface area contributed by atoms with E-state index in [-0.39, 0.29) is 11.6 Å². The Balaban J connectivity index is 1.68. The quantitative estimate of drug-likeness (QED) is 0.834. The van der Waals surface area contributed by atoms with Gasteiger partial charge in [-0.25, -0.2) is 9.18 Å². The zero-order valence-electron chi connectivity index (χ0n) is 13.3. The standard InChI is InChI=1S/C17H20FN3O3/c18-12-7-3-4-8-13(12)19-14(22)11-21-15(23)17(20-16(21)24)9-5-1-2-6-10-17/h3-4,7-8H,1-2,5-6,9-11H2,(H,19,22)(H,20,24). The lowest BCUT2D eigenvalue weighted by molar-refractivity contribution is -0.134. The number of anilines is 1. The van der Waals surface area contributed by atoms with E-state index in [0.29, 0.717) is 12.8 Å². The van der Waals surface area contributed by atoms with Crippen molar-refractivity contribution in [2.45, 2.75) is 44.1 Å². The summed E-state index contributed by atoms with van der Waals surface area (Å²) < 4.78 is 13.6. The highest BCUT2D eigenvalue weighted by molar-refractivity contribution is 6.10. The van der Waals surface area contributed by atoms with Crippen LogP contribution in [0.3, 0.4) is 0 Å². The van der Waals surface area contributed by atoms with Gasteiger partial charge in [-0.2, -0.15) is 0 Å². The number of urea groups is 1. The fourth-order valence-electron chi connectivity index (χ4n) is 3.39. The molecule has 3 rings (SSSR count). The summed E-state index contributed by atoms with van der Waals surface area (Å²) in [5.41, 5.74) is -0.843. The fourth-order valence-corrected chi connectivity index (χ4v) is 3.39. The van der Waals surface area contributed by atoms with Crippen molar-refractivity contribution in [3.8, 4) is 0 Å². The lowest BCUT2D eigenvalue weighted by atomic mass is 9.90. The molecule has 2 fully saturated rings. The minimum Gasteiger partial charge on any atom is -0.323 e. The van der Waals surface area contributed by atoms with Gasteiger partial charge in [0.2, 0.25) is 5.91 Å². The predicted molar refractivity (Wildman–Crippen MR) is 85.7 cm³/mol. The molecule has 1 spiro atoms. The number of rotatable bonds is 3. The van der Waals surface area contributed by atoms with Gasteiger partial charge in [0.05, 0.1) is 5.69 Å². The maximum Gasteiger partial charge on any atom is 0.325 e. The van der Waals surface area contributed by atoms with Gasteiger partial charge in [-0.05, 0) is 25.0 Å². The minimum atomic E-state index is -0.869. The highest BCUT2D eigenvalue weighted by Gasteiger charge is 2.51. The number of halogens is 1. The average Bonchev–Trinajstić information content (AvgIpc) is 2.73. The number of carbonyl (C=O) groups is 3. The predicted octanol–water partition coefficient (Wildman–Crippen LogP) is 2.41. The molecule has 0 bridgehead atoms. The molecule has 2 aliphatic rings. The Hall–Kier alpha value is -2.44. The zero-order valence-corrected chi connectivity index (χ0v) is 13.3. The van der Waals surface area contributed by atoms with E-state index in [1.807, 2.05) is 0 Å². The van der Waals surface area contributed by atoms with Crippen LogP contribution in [0.4, 0.5) is 14.9 Å². The van der Waals surface area contributed by atoms with Crippen LogP contribution in [0.25, 0.3) is 0 Å². The highest BCUT2D eigenvalue weighted by atomic mass is 19.1. The highest BCUT2D eigenvalue weighted by Crippen LogP contribution is 2.32. The Labute approximate surface area is 139 Å². The summed E-state index contributed by atoms with van der Waals surface area (Å²) in [4.78, 5) is 37.9. The van der Waals surface area contributed by atoms with Gasteiger partial charge in [-0.3, -0.25) is 14.5 Å². The van der Waals surface area contributed by atoms with Crippen molar-refractivity contribution >= 4 is 23.5 Å². The number of para-hydroxylation sites is 1. The zero-order chi connectivity index (χ0) is 17.2. The fraction of sp³-hybridized carbons (Fsp3) is 0.471. The molecular weight excluding hydrogens is 313 g/mol. The first-order valence-corrected chi connectivity index (χ1v) is 8.20. The number of hydrogen-bond acceptors (Lipinski definition) is 3. The molecule has 0 unspecified atom stereocenters. The van der Waals surface area contributed by atoms with E-state index in [1.54, 1.807) is 6.07 Å². The van der Waals surface area contributed by atoms with Crippen LogP contribution in [-0.4, -0.2) is 34.8 Å². The van der Waals surface area contributed by atoms with Crippen LogP contribution in [0.2, 0.25) is 0 Å². The molecule has 0 radical (unpaired) electrons. The molecule has 6 nitrogen and oxygen atoms in total. The van der Waals surface area contributed by atoms with Gasteiger partial charge in [0.15, 0.2) is 0 Å². The van der Waals surface area contributed by atoms with Crippen LogP contribution in [0.15, 0.2) is 24.3 Å². The van der Waals surface area contributed by atoms with Crippen molar-refractivity contribution in [1.29, 1.82) is 0 Å². The van der Waals surface area contributed by atoms with Crippen molar-refractivity contribution < 1.29 is 18.8 Å². The second kappa shape index (κ2) is 6.59. The van der Waals surface area contributed by atoms with Crippen LogP contribution in [-0.2, 0) is 9.59 Å². The van der Waals surface area contributed by atoms with Gasteiger partial charge in [0.25, 0.3) is 5.91 Å². The van der Waals surface area contributed by atoms with Crippen molar-refractivity contribution in [2.24, 2.45) is 0 Å². The molecule has 24 heavy (non-hydrogen) atoms. The number of amides is 4. The molecule has 1 aliphatic heterocycles. The van der Waals surface area contributed by atoms with Gasteiger partial charge in [-0.15, -0.1) is 0 Å². The molecule has 7 heteroatoms. The second-order valence-corrected chi connectivity index (χ2v) is 6.35. The maximum atomic E-state index is 13.6. The summed E-state index contributed by atoms with van der Waals surface area (Å²) in [5, 5.41) is 5.17. The summed E-state index contributed by atoms with van der Waals surface area (Å²) in [6, 6.07) is 5.20. The Bertz CT molecular complexity index is 669. The van der Waals surface area contributed by atoms with E-state index in [2.05, 4.69) is 10.6 Å². The molecule has 1 saturated carbocycles. The third-order valence-corrected chi connectivity index (χ3v) is 4.65. The van der Waals surface area contributed by atoms with Crippen LogP contribution in [0, 0.1) is 5.82 Å². The summed E-state index contributed by atoms with van der Waals surface area (Å²) in [6.07, 6.45) is 5.03. The Kier molecular flexibility index (Phi) is 4.51. The molecule has 1 heterocycles. The largest absolute Gasteiger partial charge is 0.325 e. The Morgan fingerprint density at radius 2 is 1.83 bits per heavy atom. The third-order valence-electron chi connectivity index (χ3n) is 4.65. The number of imide groups is 1. The normalized spacial score (nSPS) is 20.0. The number of benzene rings is 1. The molecule has 2 N–H and O–H groups in total. The van der Waals surface area contributed by atoms with Crippen LogP contribution in [0.1, 0.15) is 38.5 Å². The van der Waals surface area contributed by atoms with Gasteiger partial charge < -0.3 is 10.6 Å². The number of nitrogens with one attached hydrogen (secondary N) is 2. The van der Waals surface area contributed by atoms with Crippen LogP contribution in [0.5, 0.6) is 0 Å². The molecule has 1 aromatic rings. The third kappa shape index (κ3) is 3.11.